The van der Waals surface area contributed by atoms with Gasteiger partial charge in [-0.1, -0.05) is 25.1 Å². The molecule has 3 aromatic rings. The molecule has 1 amide bonds. The van der Waals surface area contributed by atoms with E-state index in [0.29, 0.717) is 23.6 Å². The zero-order valence-electron chi connectivity index (χ0n) is 15.7. The summed E-state index contributed by atoms with van der Waals surface area (Å²) in [7, 11) is 1.49. The molecule has 1 aromatic heterocycles. The third-order valence-corrected chi connectivity index (χ3v) is 3.95. The topological polar surface area (TPSA) is 82.5 Å². The number of hydrogen-bond acceptors (Lipinski definition) is 5. The van der Waals surface area contributed by atoms with E-state index in [1.165, 1.54) is 7.11 Å². The normalized spacial score (nSPS) is 10.4. The van der Waals surface area contributed by atoms with Crippen LogP contribution in [0, 0.1) is 0 Å². The monoisotopic (exact) mass is 379 g/mol. The molecule has 1 N–H and O–H groups in total. The average Bonchev–Trinajstić information content (AvgIpc) is 3.18. The zero-order valence-corrected chi connectivity index (χ0v) is 15.7. The molecule has 0 aliphatic carbocycles. The maximum absolute atomic E-state index is 12.6. The van der Waals surface area contributed by atoms with Gasteiger partial charge in [-0.2, -0.15) is 5.10 Å². The molecule has 0 aliphatic heterocycles. The van der Waals surface area contributed by atoms with E-state index in [9.17, 15) is 9.59 Å². The summed E-state index contributed by atoms with van der Waals surface area (Å²) in [5.74, 6) is -0.433. The third-order valence-electron chi connectivity index (χ3n) is 3.95. The molecule has 0 unspecified atom stereocenters. The van der Waals surface area contributed by atoms with Gasteiger partial charge in [0.15, 0.2) is 11.4 Å². The highest BCUT2D eigenvalue weighted by Gasteiger charge is 2.19. The second-order valence-electron chi connectivity index (χ2n) is 5.99. The van der Waals surface area contributed by atoms with Gasteiger partial charge in [-0.3, -0.25) is 4.79 Å². The summed E-state index contributed by atoms with van der Waals surface area (Å²) in [5.41, 5.74) is 1.94. The largest absolute Gasteiger partial charge is 0.493 e. The first-order valence-electron chi connectivity index (χ1n) is 8.90. The van der Waals surface area contributed by atoms with Crippen molar-refractivity contribution in [3.63, 3.8) is 0 Å². The lowest BCUT2D eigenvalue weighted by Gasteiger charge is -2.06. The molecule has 144 valence electrons. The van der Waals surface area contributed by atoms with E-state index in [1.54, 1.807) is 35.1 Å². The molecule has 3 rings (SSSR count). The smallest absolute Gasteiger partial charge is 0.338 e. The molecule has 0 saturated heterocycles. The second-order valence-corrected chi connectivity index (χ2v) is 5.99. The minimum absolute atomic E-state index is 0.165. The van der Waals surface area contributed by atoms with Crippen LogP contribution in [0.1, 0.15) is 34.2 Å². The van der Waals surface area contributed by atoms with Gasteiger partial charge in [-0.25, -0.2) is 9.48 Å². The van der Waals surface area contributed by atoms with Crippen LogP contribution >= 0.6 is 0 Å². The first kappa shape index (κ1) is 19.2. The van der Waals surface area contributed by atoms with Crippen molar-refractivity contribution < 1.29 is 19.1 Å². The van der Waals surface area contributed by atoms with Crippen molar-refractivity contribution in [3.05, 3.63) is 72.1 Å². The van der Waals surface area contributed by atoms with Crippen LogP contribution in [-0.4, -0.2) is 35.4 Å². The van der Waals surface area contributed by atoms with E-state index >= 15 is 0 Å². The molecule has 0 atom stereocenters. The van der Waals surface area contributed by atoms with Gasteiger partial charge in [0.1, 0.15) is 0 Å². The van der Waals surface area contributed by atoms with Crippen LogP contribution < -0.4 is 10.1 Å². The molecule has 0 fully saturated rings. The molecular formula is C21H21N3O4. The first-order chi connectivity index (χ1) is 13.6. The summed E-state index contributed by atoms with van der Waals surface area (Å²) in [5, 5.41) is 7.09. The number of ether oxygens (including phenoxy) is 2. The van der Waals surface area contributed by atoms with E-state index in [1.807, 2.05) is 37.3 Å². The fourth-order valence-electron chi connectivity index (χ4n) is 2.54. The van der Waals surface area contributed by atoms with Crippen molar-refractivity contribution in [1.29, 1.82) is 0 Å². The van der Waals surface area contributed by atoms with Crippen LogP contribution in [0.15, 0.2) is 60.8 Å². The molecule has 2 aromatic carbocycles. The Kier molecular flexibility index (Phi) is 6.06. The Balaban J connectivity index is 1.74. The number of benzene rings is 2. The number of carbonyl (C=O) groups is 2. The van der Waals surface area contributed by atoms with Crippen LogP contribution in [0.5, 0.6) is 5.75 Å². The van der Waals surface area contributed by atoms with Crippen LogP contribution in [-0.2, 0) is 4.74 Å². The zero-order chi connectivity index (χ0) is 19.9. The van der Waals surface area contributed by atoms with Crippen molar-refractivity contribution in [1.82, 2.24) is 9.78 Å². The number of anilines is 1. The van der Waals surface area contributed by atoms with Crippen molar-refractivity contribution in [2.75, 3.05) is 19.0 Å². The minimum atomic E-state index is -0.409. The summed E-state index contributed by atoms with van der Waals surface area (Å²) in [6.07, 6.45) is 2.41. The standard InChI is InChI=1S/C21H21N3O4/c1-3-13-28-21(26)15-9-11-16(12-10-15)22-20(25)19-18(27-2)14-24(23-19)17-7-5-4-6-8-17/h4-12,14H,3,13H2,1-2H3,(H,22,25). The molecule has 0 aliphatic rings. The van der Waals surface area contributed by atoms with Crippen LogP contribution in [0.2, 0.25) is 0 Å². The quantitative estimate of drug-likeness (QED) is 0.633. The minimum Gasteiger partial charge on any atom is -0.493 e. The number of aromatic nitrogens is 2. The fraction of sp³-hybridized carbons (Fsp3) is 0.190. The van der Waals surface area contributed by atoms with Crippen molar-refractivity contribution >= 4 is 17.6 Å². The number of nitrogens with zero attached hydrogens (tertiary/aromatic N) is 2. The van der Waals surface area contributed by atoms with Gasteiger partial charge in [-0.05, 0) is 42.8 Å². The Labute approximate surface area is 162 Å². The van der Waals surface area contributed by atoms with Gasteiger partial charge in [0.25, 0.3) is 5.91 Å². The van der Waals surface area contributed by atoms with Gasteiger partial charge in [0, 0.05) is 5.69 Å². The maximum atomic E-state index is 12.6. The Morgan fingerprint density at radius 1 is 1.07 bits per heavy atom. The lowest BCUT2D eigenvalue weighted by molar-refractivity contribution is 0.0505. The Morgan fingerprint density at radius 3 is 2.43 bits per heavy atom. The number of methoxy groups -OCH3 is 1. The number of esters is 1. The molecule has 0 saturated carbocycles. The number of amides is 1. The molecule has 7 heteroatoms. The van der Waals surface area contributed by atoms with Gasteiger partial charge in [0.2, 0.25) is 0 Å². The molecule has 0 bridgehead atoms. The summed E-state index contributed by atoms with van der Waals surface area (Å²) in [6, 6.07) is 15.9. The second kappa shape index (κ2) is 8.85. The first-order valence-corrected chi connectivity index (χ1v) is 8.90. The van der Waals surface area contributed by atoms with Gasteiger partial charge < -0.3 is 14.8 Å². The maximum Gasteiger partial charge on any atom is 0.338 e. The number of nitrogens with one attached hydrogen (secondary N) is 1. The fourth-order valence-corrected chi connectivity index (χ4v) is 2.54. The third kappa shape index (κ3) is 4.37. The summed E-state index contributed by atoms with van der Waals surface area (Å²) < 4.78 is 12.0. The van der Waals surface area contributed by atoms with E-state index < -0.39 is 5.91 Å². The lowest BCUT2D eigenvalue weighted by Crippen LogP contribution is -2.14. The number of carbonyl (C=O) groups excluding carboxylic acids is 2. The molecule has 0 spiro atoms. The highest BCUT2D eigenvalue weighted by Crippen LogP contribution is 2.21. The van der Waals surface area contributed by atoms with Crippen LogP contribution in [0.3, 0.4) is 0 Å². The summed E-state index contributed by atoms with van der Waals surface area (Å²) >= 11 is 0. The van der Waals surface area contributed by atoms with E-state index in [2.05, 4.69) is 10.4 Å². The number of rotatable bonds is 7. The predicted molar refractivity (Wildman–Crippen MR) is 105 cm³/mol. The number of hydrogen-bond donors (Lipinski definition) is 1. The van der Waals surface area contributed by atoms with Gasteiger partial charge in [0.05, 0.1) is 31.2 Å². The Bertz CT molecular complexity index is 950. The molecular weight excluding hydrogens is 358 g/mol. The molecule has 7 nitrogen and oxygen atoms in total. The molecule has 28 heavy (non-hydrogen) atoms. The highest BCUT2D eigenvalue weighted by molar-refractivity contribution is 6.05. The van der Waals surface area contributed by atoms with Crippen molar-refractivity contribution in [3.8, 4) is 11.4 Å². The summed E-state index contributed by atoms with van der Waals surface area (Å²) in [4.78, 5) is 24.5. The van der Waals surface area contributed by atoms with Gasteiger partial charge >= 0.3 is 5.97 Å². The Morgan fingerprint density at radius 2 is 1.79 bits per heavy atom. The van der Waals surface area contributed by atoms with E-state index in [-0.39, 0.29) is 11.7 Å². The van der Waals surface area contributed by atoms with Crippen LogP contribution in [0.25, 0.3) is 5.69 Å². The van der Waals surface area contributed by atoms with Gasteiger partial charge in [-0.15, -0.1) is 0 Å². The molecule has 1 heterocycles. The van der Waals surface area contributed by atoms with E-state index in [0.717, 1.165) is 12.1 Å². The predicted octanol–water partition coefficient (Wildman–Crippen LogP) is 3.70. The Hall–Kier alpha value is -3.61. The van der Waals surface area contributed by atoms with Crippen molar-refractivity contribution in [2.45, 2.75) is 13.3 Å². The molecule has 0 radical (unpaired) electrons. The average molecular weight is 379 g/mol. The SMILES string of the molecule is CCCOC(=O)c1ccc(NC(=O)c2nn(-c3ccccc3)cc2OC)cc1. The number of para-hydroxylation sites is 1. The van der Waals surface area contributed by atoms with Crippen molar-refractivity contribution in [2.24, 2.45) is 0 Å². The summed E-state index contributed by atoms with van der Waals surface area (Å²) in [6.45, 7) is 2.31. The van der Waals surface area contributed by atoms with E-state index in [4.69, 9.17) is 9.47 Å². The van der Waals surface area contributed by atoms with Crippen LogP contribution in [0.4, 0.5) is 5.69 Å². The lowest BCUT2D eigenvalue weighted by atomic mass is 10.2. The highest BCUT2D eigenvalue weighted by atomic mass is 16.5.